The zero-order valence-corrected chi connectivity index (χ0v) is 9.68. The monoisotopic (exact) mass is 223 g/mol. The van der Waals surface area contributed by atoms with Gasteiger partial charge in [-0.3, -0.25) is 0 Å². The number of aliphatic carboxylic acids is 1. The van der Waals surface area contributed by atoms with E-state index in [-0.39, 0.29) is 0 Å². The Hall–Kier alpha value is -1.39. The van der Waals surface area contributed by atoms with Crippen LogP contribution in [0.15, 0.2) is 0 Å². The molecule has 0 saturated heterocycles. The van der Waals surface area contributed by atoms with E-state index in [1.807, 2.05) is 6.92 Å². The first-order valence-corrected chi connectivity index (χ1v) is 5.75. The Balaban J connectivity index is 2.35. The summed E-state index contributed by atoms with van der Waals surface area (Å²) in [4.78, 5) is 11.0. The average Bonchev–Trinajstić information content (AvgIpc) is 2.84. The number of nitrogens with zero attached hydrogens (tertiary/aromatic N) is 3. The number of hydrogen-bond donors (Lipinski definition) is 1. The Bertz CT molecular complexity index is 394. The Morgan fingerprint density at radius 1 is 1.44 bits per heavy atom. The van der Waals surface area contributed by atoms with Crippen LogP contribution in [-0.2, 0) is 4.79 Å². The molecule has 1 aromatic rings. The van der Waals surface area contributed by atoms with Gasteiger partial charge in [-0.1, -0.05) is 12.8 Å². The van der Waals surface area contributed by atoms with Crippen molar-refractivity contribution in [2.24, 2.45) is 0 Å². The van der Waals surface area contributed by atoms with Crippen LogP contribution in [0.25, 0.3) is 0 Å². The molecule has 0 aromatic carbocycles. The third-order valence-corrected chi connectivity index (χ3v) is 3.36. The first kappa shape index (κ1) is 11.1. The molecule has 1 aliphatic rings. The van der Waals surface area contributed by atoms with E-state index < -0.39 is 12.0 Å². The topological polar surface area (TPSA) is 68.0 Å². The minimum absolute atomic E-state index is 0.392. The highest BCUT2D eigenvalue weighted by molar-refractivity contribution is 5.71. The van der Waals surface area contributed by atoms with Crippen LogP contribution in [0.2, 0.25) is 0 Å². The summed E-state index contributed by atoms with van der Waals surface area (Å²) in [5.74, 6) is 1.10. The maximum Gasteiger partial charge on any atom is 0.326 e. The third kappa shape index (κ3) is 1.81. The molecule has 0 aliphatic heterocycles. The van der Waals surface area contributed by atoms with E-state index >= 15 is 0 Å². The van der Waals surface area contributed by atoms with Gasteiger partial charge in [0, 0.05) is 5.92 Å². The highest BCUT2D eigenvalue weighted by atomic mass is 16.4. The lowest BCUT2D eigenvalue weighted by molar-refractivity contribution is -0.140. The Morgan fingerprint density at radius 3 is 2.62 bits per heavy atom. The van der Waals surface area contributed by atoms with Crippen LogP contribution in [0.1, 0.15) is 56.2 Å². The van der Waals surface area contributed by atoms with Gasteiger partial charge in [0.25, 0.3) is 0 Å². The molecule has 0 bridgehead atoms. The summed E-state index contributed by atoms with van der Waals surface area (Å²) in [6.07, 6.45) is 4.62. The predicted molar refractivity (Wildman–Crippen MR) is 58.3 cm³/mol. The largest absolute Gasteiger partial charge is 0.480 e. The SMILES string of the molecule is Cc1nnc(C2CCCC2)n1C(C)C(=O)O. The normalized spacial score (nSPS) is 18.9. The second-order valence-corrected chi connectivity index (χ2v) is 4.47. The number of carboxylic acid groups (broad SMARTS) is 1. The molecule has 0 amide bonds. The zero-order chi connectivity index (χ0) is 11.7. The van der Waals surface area contributed by atoms with Crippen LogP contribution in [0.5, 0.6) is 0 Å². The van der Waals surface area contributed by atoms with Gasteiger partial charge < -0.3 is 9.67 Å². The number of rotatable bonds is 3. The maximum absolute atomic E-state index is 11.0. The summed E-state index contributed by atoms with van der Waals surface area (Å²) in [6.45, 7) is 3.49. The standard InChI is InChI=1S/C11H17N3O2/c1-7(11(15)16)14-8(2)12-13-10(14)9-5-3-4-6-9/h7,9H,3-6H2,1-2H3,(H,15,16). The van der Waals surface area contributed by atoms with Crippen molar-refractivity contribution < 1.29 is 9.90 Å². The molecule has 0 spiro atoms. The number of hydrogen-bond acceptors (Lipinski definition) is 3. The Labute approximate surface area is 94.5 Å². The molecular formula is C11H17N3O2. The fraction of sp³-hybridized carbons (Fsp3) is 0.727. The van der Waals surface area contributed by atoms with E-state index in [0.717, 1.165) is 18.7 Å². The maximum atomic E-state index is 11.0. The average molecular weight is 223 g/mol. The highest BCUT2D eigenvalue weighted by Crippen LogP contribution is 2.34. The molecule has 5 heteroatoms. The van der Waals surface area contributed by atoms with Crippen molar-refractivity contribution >= 4 is 5.97 Å². The van der Waals surface area contributed by atoms with E-state index in [0.29, 0.717) is 11.7 Å². The minimum Gasteiger partial charge on any atom is -0.480 e. The lowest BCUT2D eigenvalue weighted by Crippen LogP contribution is -2.20. The molecule has 5 nitrogen and oxygen atoms in total. The zero-order valence-electron chi connectivity index (χ0n) is 9.68. The summed E-state index contributed by atoms with van der Waals surface area (Å²) in [5.41, 5.74) is 0. The Morgan fingerprint density at radius 2 is 2.06 bits per heavy atom. The molecule has 1 N–H and O–H groups in total. The number of aromatic nitrogens is 3. The van der Waals surface area contributed by atoms with E-state index in [2.05, 4.69) is 10.2 Å². The fourth-order valence-electron chi connectivity index (χ4n) is 2.44. The Kier molecular flexibility index (Phi) is 2.94. The summed E-state index contributed by atoms with van der Waals surface area (Å²) < 4.78 is 1.76. The van der Waals surface area contributed by atoms with Crippen molar-refractivity contribution in [3.8, 4) is 0 Å². The van der Waals surface area contributed by atoms with Crippen LogP contribution >= 0.6 is 0 Å². The quantitative estimate of drug-likeness (QED) is 0.849. The predicted octanol–water partition coefficient (Wildman–Crippen LogP) is 1.89. The fourth-order valence-corrected chi connectivity index (χ4v) is 2.44. The van der Waals surface area contributed by atoms with Gasteiger partial charge in [0.1, 0.15) is 17.7 Å². The van der Waals surface area contributed by atoms with E-state index in [1.54, 1.807) is 11.5 Å². The van der Waals surface area contributed by atoms with Crippen LogP contribution in [0.4, 0.5) is 0 Å². The lowest BCUT2D eigenvalue weighted by atomic mass is 10.1. The van der Waals surface area contributed by atoms with Crippen LogP contribution in [0, 0.1) is 6.92 Å². The van der Waals surface area contributed by atoms with Gasteiger partial charge in [0.2, 0.25) is 0 Å². The summed E-state index contributed by atoms with van der Waals surface area (Å²) in [5, 5.41) is 17.2. The second-order valence-electron chi connectivity index (χ2n) is 4.47. The van der Waals surface area contributed by atoms with Crippen LogP contribution < -0.4 is 0 Å². The van der Waals surface area contributed by atoms with Crippen LogP contribution in [-0.4, -0.2) is 25.8 Å². The molecule has 1 aromatic heterocycles. The van der Waals surface area contributed by atoms with E-state index in [1.165, 1.54) is 12.8 Å². The summed E-state index contributed by atoms with van der Waals surface area (Å²) in [7, 11) is 0. The van der Waals surface area contributed by atoms with Crippen molar-refractivity contribution in [3.05, 3.63) is 11.6 Å². The molecule has 0 radical (unpaired) electrons. The smallest absolute Gasteiger partial charge is 0.326 e. The third-order valence-electron chi connectivity index (χ3n) is 3.36. The van der Waals surface area contributed by atoms with Crippen molar-refractivity contribution in [2.75, 3.05) is 0 Å². The molecule has 1 unspecified atom stereocenters. The van der Waals surface area contributed by atoms with Gasteiger partial charge in [-0.05, 0) is 26.7 Å². The van der Waals surface area contributed by atoms with Gasteiger partial charge in [0.15, 0.2) is 0 Å². The van der Waals surface area contributed by atoms with E-state index in [4.69, 9.17) is 5.11 Å². The molecular weight excluding hydrogens is 206 g/mol. The number of carbonyl (C=O) groups is 1. The van der Waals surface area contributed by atoms with Gasteiger partial charge in [0.05, 0.1) is 0 Å². The van der Waals surface area contributed by atoms with Gasteiger partial charge >= 0.3 is 5.97 Å². The lowest BCUT2D eigenvalue weighted by Gasteiger charge is -2.16. The molecule has 1 saturated carbocycles. The number of carboxylic acids is 1. The van der Waals surface area contributed by atoms with Crippen molar-refractivity contribution in [1.82, 2.24) is 14.8 Å². The second kappa shape index (κ2) is 4.23. The molecule has 16 heavy (non-hydrogen) atoms. The summed E-state index contributed by atoms with van der Waals surface area (Å²) in [6, 6.07) is -0.578. The molecule has 1 aliphatic carbocycles. The van der Waals surface area contributed by atoms with Gasteiger partial charge in [-0.25, -0.2) is 4.79 Å². The highest BCUT2D eigenvalue weighted by Gasteiger charge is 2.27. The van der Waals surface area contributed by atoms with Crippen molar-refractivity contribution in [1.29, 1.82) is 0 Å². The minimum atomic E-state index is -0.831. The molecule has 1 fully saturated rings. The first-order chi connectivity index (χ1) is 7.61. The van der Waals surface area contributed by atoms with Gasteiger partial charge in [-0.15, -0.1) is 10.2 Å². The van der Waals surface area contributed by atoms with Crippen molar-refractivity contribution in [3.63, 3.8) is 0 Å². The number of aryl methyl sites for hydroxylation is 1. The van der Waals surface area contributed by atoms with Crippen molar-refractivity contribution in [2.45, 2.75) is 51.5 Å². The van der Waals surface area contributed by atoms with Gasteiger partial charge in [-0.2, -0.15) is 0 Å². The van der Waals surface area contributed by atoms with E-state index in [9.17, 15) is 4.79 Å². The molecule has 1 atom stereocenters. The summed E-state index contributed by atoms with van der Waals surface area (Å²) >= 11 is 0. The molecule has 2 rings (SSSR count). The first-order valence-electron chi connectivity index (χ1n) is 5.75. The molecule has 1 heterocycles. The molecule has 88 valence electrons. The van der Waals surface area contributed by atoms with Crippen LogP contribution in [0.3, 0.4) is 0 Å².